The summed E-state index contributed by atoms with van der Waals surface area (Å²) in [6, 6.07) is 0. The minimum atomic E-state index is -0.407. The first kappa shape index (κ1) is 13.8. The second-order valence-electron chi connectivity index (χ2n) is 5.93. The molecule has 4 nitrogen and oxygen atoms in total. The van der Waals surface area contributed by atoms with Crippen molar-refractivity contribution >= 4 is 5.97 Å². The lowest BCUT2D eigenvalue weighted by atomic mass is 9.78. The van der Waals surface area contributed by atoms with Crippen molar-refractivity contribution in [3.05, 3.63) is 0 Å². The first-order valence-electron chi connectivity index (χ1n) is 7.18. The molecule has 2 saturated heterocycles. The molecule has 0 aromatic heterocycles. The van der Waals surface area contributed by atoms with Gasteiger partial charge in [-0.1, -0.05) is 0 Å². The SMILES string of the molecule is COC(=O)C1(CC2CCCN(C)C2)CCCCN1. The predicted molar refractivity (Wildman–Crippen MR) is 71.4 cm³/mol. The van der Waals surface area contributed by atoms with Crippen LogP contribution in [0.5, 0.6) is 0 Å². The number of piperidine rings is 2. The van der Waals surface area contributed by atoms with Crippen LogP contribution < -0.4 is 5.32 Å². The van der Waals surface area contributed by atoms with Crippen LogP contribution >= 0.6 is 0 Å². The molecule has 0 aromatic carbocycles. The summed E-state index contributed by atoms with van der Waals surface area (Å²) in [4.78, 5) is 14.5. The molecule has 2 fully saturated rings. The van der Waals surface area contributed by atoms with Gasteiger partial charge in [0.15, 0.2) is 0 Å². The smallest absolute Gasteiger partial charge is 0.326 e. The van der Waals surface area contributed by atoms with E-state index in [1.807, 2.05) is 0 Å². The van der Waals surface area contributed by atoms with Gasteiger partial charge in [-0.3, -0.25) is 4.79 Å². The fourth-order valence-electron chi connectivity index (χ4n) is 3.53. The zero-order valence-corrected chi connectivity index (χ0v) is 11.7. The average Bonchev–Trinajstić information content (AvgIpc) is 2.39. The molecule has 0 spiro atoms. The average molecular weight is 254 g/mol. The van der Waals surface area contributed by atoms with E-state index in [1.54, 1.807) is 0 Å². The standard InChI is InChI=1S/C14H26N2O2/c1-16-9-5-6-12(11-16)10-14(13(17)18-2)7-3-4-8-15-14/h12,15H,3-11H2,1-2H3. The fourth-order valence-corrected chi connectivity index (χ4v) is 3.53. The van der Waals surface area contributed by atoms with E-state index in [-0.39, 0.29) is 5.97 Å². The summed E-state index contributed by atoms with van der Waals surface area (Å²) in [6.07, 6.45) is 6.65. The normalized spacial score (nSPS) is 34.2. The Bertz CT molecular complexity index is 288. The Balaban J connectivity index is 2.02. The third-order valence-corrected chi connectivity index (χ3v) is 4.43. The molecule has 2 heterocycles. The monoisotopic (exact) mass is 254 g/mol. The highest BCUT2D eigenvalue weighted by Crippen LogP contribution is 2.31. The van der Waals surface area contributed by atoms with Gasteiger partial charge < -0.3 is 15.0 Å². The molecule has 1 N–H and O–H groups in total. The topological polar surface area (TPSA) is 41.6 Å². The highest BCUT2D eigenvalue weighted by molar-refractivity contribution is 5.80. The maximum absolute atomic E-state index is 12.1. The summed E-state index contributed by atoms with van der Waals surface area (Å²) in [5.74, 6) is 0.559. The molecular formula is C14H26N2O2. The Kier molecular flexibility index (Phi) is 4.62. The Hall–Kier alpha value is -0.610. The zero-order valence-electron chi connectivity index (χ0n) is 11.7. The Morgan fingerprint density at radius 2 is 2.28 bits per heavy atom. The Labute approximate surface area is 110 Å². The minimum absolute atomic E-state index is 0.0598. The molecule has 4 heteroatoms. The van der Waals surface area contributed by atoms with Crippen LogP contribution in [0.15, 0.2) is 0 Å². The van der Waals surface area contributed by atoms with Gasteiger partial charge in [-0.05, 0) is 64.6 Å². The van der Waals surface area contributed by atoms with Crippen LogP contribution in [0.25, 0.3) is 0 Å². The highest BCUT2D eigenvalue weighted by atomic mass is 16.5. The van der Waals surface area contributed by atoms with E-state index in [4.69, 9.17) is 4.74 Å². The van der Waals surface area contributed by atoms with Crippen molar-refractivity contribution in [2.24, 2.45) is 5.92 Å². The summed E-state index contributed by atoms with van der Waals surface area (Å²) in [6.45, 7) is 3.24. The van der Waals surface area contributed by atoms with E-state index < -0.39 is 5.54 Å². The third kappa shape index (κ3) is 3.04. The van der Waals surface area contributed by atoms with Gasteiger partial charge in [-0.2, -0.15) is 0 Å². The van der Waals surface area contributed by atoms with Gasteiger partial charge in [0.2, 0.25) is 0 Å². The molecule has 2 unspecified atom stereocenters. The van der Waals surface area contributed by atoms with E-state index in [2.05, 4.69) is 17.3 Å². The third-order valence-electron chi connectivity index (χ3n) is 4.43. The molecule has 0 saturated carbocycles. The summed E-state index contributed by atoms with van der Waals surface area (Å²) in [7, 11) is 3.68. The number of carbonyl (C=O) groups excluding carboxylic acids is 1. The van der Waals surface area contributed by atoms with E-state index in [1.165, 1.54) is 32.9 Å². The lowest BCUT2D eigenvalue weighted by Gasteiger charge is -2.40. The molecule has 104 valence electrons. The Morgan fingerprint density at radius 3 is 2.89 bits per heavy atom. The van der Waals surface area contributed by atoms with Crippen LogP contribution in [0, 0.1) is 5.92 Å². The summed E-state index contributed by atoms with van der Waals surface area (Å²) < 4.78 is 5.05. The molecule has 0 bridgehead atoms. The summed E-state index contributed by atoms with van der Waals surface area (Å²) >= 11 is 0. The molecule has 0 amide bonds. The maximum atomic E-state index is 12.1. The molecule has 2 atom stereocenters. The molecule has 2 rings (SSSR count). The van der Waals surface area contributed by atoms with Crippen LogP contribution in [-0.2, 0) is 9.53 Å². The number of nitrogens with one attached hydrogen (secondary N) is 1. The van der Waals surface area contributed by atoms with Gasteiger partial charge in [0.25, 0.3) is 0 Å². The van der Waals surface area contributed by atoms with Gasteiger partial charge in [-0.25, -0.2) is 0 Å². The lowest BCUT2D eigenvalue weighted by Crippen LogP contribution is -2.57. The van der Waals surface area contributed by atoms with Gasteiger partial charge in [-0.15, -0.1) is 0 Å². The van der Waals surface area contributed by atoms with Crippen molar-refractivity contribution in [1.82, 2.24) is 10.2 Å². The fraction of sp³-hybridized carbons (Fsp3) is 0.929. The van der Waals surface area contributed by atoms with Gasteiger partial charge in [0.1, 0.15) is 5.54 Å². The molecule has 2 aliphatic rings. The first-order valence-corrected chi connectivity index (χ1v) is 7.18. The zero-order chi connectivity index (χ0) is 13.0. The Morgan fingerprint density at radius 1 is 1.44 bits per heavy atom. The van der Waals surface area contributed by atoms with Crippen molar-refractivity contribution in [2.45, 2.75) is 44.1 Å². The van der Waals surface area contributed by atoms with Crippen molar-refractivity contribution < 1.29 is 9.53 Å². The molecule has 18 heavy (non-hydrogen) atoms. The van der Waals surface area contributed by atoms with Crippen molar-refractivity contribution in [2.75, 3.05) is 33.8 Å². The second-order valence-corrected chi connectivity index (χ2v) is 5.93. The number of esters is 1. The second kappa shape index (κ2) is 6.02. The number of ether oxygens (including phenoxy) is 1. The van der Waals surface area contributed by atoms with E-state index in [0.29, 0.717) is 5.92 Å². The predicted octanol–water partition coefficient (Wildman–Crippen LogP) is 1.40. The molecule has 0 aromatic rings. The van der Waals surface area contributed by atoms with Crippen LogP contribution in [0.3, 0.4) is 0 Å². The van der Waals surface area contributed by atoms with Crippen molar-refractivity contribution in [3.63, 3.8) is 0 Å². The summed E-state index contributed by atoms with van der Waals surface area (Å²) in [5.41, 5.74) is -0.407. The quantitative estimate of drug-likeness (QED) is 0.773. The lowest BCUT2D eigenvalue weighted by molar-refractivity contribution is -0.151. The van der Waals surface area contributed by atoms with Crippen molar-refractivity contribution in [3.8, 4) is 0 Å². The molecule has 2 aliphatic heterocycles. The number of likely N-dealkylation sites (tertiary alicyclic amines) is 1. The molecular weight excluding hydrogens is 228 g/mol. The maximum Gasteiger partial charge on any atom is 0.326 e. The minimum Gasteiger partial charge on any atom is -0.468 e. The largest absolute Gasteiger partial charge is 0.468 e. The van der Waals surface area contributed by atoms with Crippen LogP contribution in [0.1, 0.15) is 38.5 Å². The van der Waals surface area contributed by atoms with E-state index >= 15 is 0 Å². The van der Waals surface area contributed by atoms with Crippen LogP contribution in [-0.4, -0.2) is 50.2 Å². The molecule has 0 aliphatic carbocycles. The van der Waals surface area contributed by atoms with Gasteiger partial charge >= 0.3 is 5.97 Å². The van der Waals surface area contributed by atoms with Crippen LogP contribution in [0.2, 0.25) is 0 Å². The molecule has 0 radical (unpaired) electrons. The highest BCUT2D eigenvalue weighted by Gasteiger charge is 2.42. The summed E-state index contributed by atoms with van der Waals surface area (Å²) in [5, 5.41) is 3.45. The van der Waals surface area contributed by atoms with E-state index in [0.717, 1.165) is 32.4 Å². The number of carbonyl (C=O) groups is 1. The number of hydrogen-bond donors (Lipinski definition) is 1. The van der Waals surface area contributed by atoms with Crippen LogP contribution in [0.4, 0.5) is 0 Å². The number of rotatable bonds is 3. The number of nitrogens with zero attached hydrogens (tertiary/aromatic N) is 1. The number of methoxy groups -OCH3 is 1. The van der Waals surface area contributed by atoms with E-state index in [9.17, 15) is 4.79 Å². The van der Waals surface area contributed by atoms with Gasteiger partial charge in [0.05, 0.1) is 7.11 Å². The van der Waals surface area contributed by atoms with Crippen molar-refractivity contribution in [1.29, 1.82) is 0 Å². The van der Waals surface area contributed by atoms with Gasteiger partial charge in [0, 0.05) is 6.54 Å². The number of hydrogen-bond acceptors (Lipinski definition) is 4. The first-order chi connectivity index (χ1) is 8.66.